The first-order valence-electron chi connectivity index (χ1n) is 8.23. The van der Waals surface area contributed by atoms with E-state index in [1.165, 1.54) is 0 Å². The molecule has 23 heavy (non-hydrogen) atoms. The summed E-state index contributed by atoms with van der Waals surface area (Å²) in [6, 6.07) is 5.75. The maximum absolute atomic E-state index is 12.5. The van der Waals surface area contributed by atoms with E-state index >= 15 is 0 Å². The molecule has 2 aliphatic rings. The van der Waals surface area contributed by atoms with E-state index in [0.29, 0.717) is 13.1 Å². The number of carbonyl (C=O) groups is 1. The van der Waals surface area contributed by atoms with Crippen LogP contribution in [-0.4, -0.2) is 43.0 Å². The number of hydrogen-bond acceptors (Lipinski definition) is 4. The van der Waals surface area contributed by atoms with Gasteiger partial charge in [0.1, 0.15) is 0 Å². The van der Waals surface area contributed by atoms with Crippen LogP contribution >= 0.6 is 0 Å². The van der Waals surface area contributed by atoms with Gasteiger partial charge in [0.05, 0.1) is 12.1 Å². The quantitative estimate of drug-likeness (QED) is 0.905. The lowest BCUT2D eigenvalue weighted by Gasteiger charge is -2.26. The van der Waals surface area contributed by atoms with E-state index in [-0.39, 0.29) is 25.0 Å². The molecule has 0 unspecified atom stereocenters. The minimum absolute atomic E-state index is 0.0239. The Morgan fingerprint density at radius 3 is 2.96 bits per heavy atom. The number of nitrogens with one attached hydrogen (secondary N) is 1. The zero-order valence-electron chi connectivity index (χ0n) is 13.7. The maximum Gasteiger partial charge on any atom is 0.317 e. The molecule has 1 fully saturated rings. The molecular formula is C17H24N2O4. The van der Waals surface area contributed by atoms with Crippen molar-refractivity contribution in [1.82, 2.24) is 10.2 Å². The predicted molar refractivity (Wildman–Crippen MR) is 85.6 cm³/mol. The summed E-state index contributed by atoms with van der Waals surface area (Å²) in [5, 5.41) is 3.05. The van der Waals surface area contributed by atoms with Crippen molar-refractivity contribution in [3.05, 3.63) is 23.8 Å². The molecule has 3 rings (SSSR count). The summed E-state index contributed by atoms with van der Waals surface area (Å²) in [4.78, 5) is 14.3. The summed E-state index contributed by atoms with van der Waals surface area (Å²) in [5.74, 6) is 1.50. The average Bonchev–Trinajstić information content (AvgIpc) is 3.22. The number of rotatable bonds is 5. The summed E-state index contributed by atoms with van der Waals surface area (Å²) < 4.78 is 16.3. The second-order valence-electron chi connectivity index (χ2n) is 5.99. The van der Waals surface area contributed by atoms with Gasteiger partial charge in [-0.15, -0.1) is 0 Å². The van der Waals surface area contributed by atoms with Crippen molar-refractivity contribution in [2.45, 2.75) is 45.4 Å². The molecule has 0 spiro atoms. The Hall–Kier alpha value is -1.95. The van der Waals surface area contributed by atoms with Gasteiger partial charge in [-0.1, -0.05) is 6.07 Å². The largest absolute Gasteiger partial charge is 0.454 e. The van der Waals surface area contributed by atoms with Crippen LogP contribution in [0.5, 0.6) is 11.5 Å². The van der Waals surface area contributed by atoms with Gasteiger partial charge < -0.3 is 24.4 Å². The first kappa shape index (κ1) is 15.9. The van der Waals surface area contributed by atoms with Crippen molar-refractivity contribution in [1.29, 1.82) is 0 Å². The van der Waals surface area contributed by atoms with Crippen LogP contribution in [0.3, 0.4) is 0 Å². The third-order valence-corrected chi connectivity index (χ3v) is 4.35. The lowest BCUT2D eigenvalue weighted by Crippen LogP contribution is -2.47. The number of urea groups is 1. The smallest absolute Gasteiger partial charge is 0.317 e. The van der Waals surface area contributed by atoms with E-state index < -0.39 is 0 Å². The zero-order valence-corrected chi connectivity index (χ0v) is 13.7. The van der Waals surface area contributed by atoms with Gasteiger partial charge in [-0.05, 0) is 44.4 Å². The van der Waals surface area contributed by atoms with Crippen LogP contribution in [0.15, 0.2) is 18.2 Å². The maximum atomic E-state index is 12.5. The SMILES string of the molecule is CCN(Cc1ccc2c(c1)OCO2)C(=O)N[C@@H](C)[C@@H]1CCCO1. The molecule has 1 N–H and O–H groups in total. The Bertz CT molecular complexity index is 558. The number of hydrogen-bond donors (Lipinski definition) is 1. The highest BCUT2D eigenvalue weighted by molar-refractivity contribution is 5.74. The number of amides is 2. The standard InChI is InChI=1S/C17H24N2O4/c1-3-19(17(20)18-12(2)14-5-4-8-21-14)10-13-6-7-15-16(9-13)23-11-22-15/h6-7,9,12,14H,3-5,8,10-11H2,1-2H3,(H,18,20)/t12-,14-/m0/s1. The summed E-state index contributed by atoms with van der Waals surface area (Å²) in [6.45, 7) is 6.20. The minimum Gasteiger partial charge on any atom is -0.454 e. The van der Waals surface area contributed by atoms with Crippen molar-refractivity contribution >= 4 is 6.03 Å². The molecule has 0 aromatic heterocycles. The lowest BCUT2D eigenvalue weighted by atomic mass is 10.1. The molecule has 2 atom stereocenters. The van der Waals surface area contributed by atoms with E-state index in [2.05, 4.69) is 5.32 Å². The van der Waals surface area contributed by atoms with Crippen molar-refractivity contribution < 1.29 is 19.0 Å². The zero-order chi connectivity index (χ0) is 16.2. The minimum atomic E-state index is -0.0619. The van der Waals surface area contributed by atoms with Gasteiger partial charge in [0, 0.05) is 19.7 Å². The number of fused-ring (bicyclic) bond motifs is 1. The molecule has 0 aliphatic carbocycles. The molecule has 6 nitrogen and oxygen atoms in total. The second-order valence-corrected chi connectivity index (χ2v) is 5.99. The van der Waals surface area contributed by atoms with Gasteiger partial charge in [0.15, 0.2) is 11.5 Å². The second kappa shape index (κ2) is 7.08. The molecule has 2 amide bonds. The molecule has 2 aliphatic heterocycles. The van der Waals surface area contributed by atoms with Crippen molar-refractivity contribution in [3.63, 3.8) is 0 Å². The fourth-order valence-corrected chi connectivity index (χ4v) is 2.96. The molecule has 2 heterocycles. The van der Waals surface area contributed by atoms with E-state index in [0.717, 1.165) is 36.5 Å². The van der Waals surface area contributed by atoms with Crippen LogP contribution in [0.1, 0.15) is 32.3 Å². The molecule has 1 aromatic rings. The topological polar surface area (TPSA) is 60.0 Å². The van der Waals surface area contributed by atoms with Gasteiger partial charge >= 0.3 is 6.03 Å². The van der Waals surface area contributed by atoms with Crippen molar-refractivity contribution in [2.24, 2.45) is 0 Å². The van der Waals surface area contributed by atoms with Crippen LogP contribution in [0.4, 0.5) is 4.79 Å². The average molecular weight is 320 g/mol. The van der Waals surface area contributed by atoms with Crippen LogP contribution in [0, 0.1) is 0 Å². The Morgan fingerprint density at radius 2 is 2.22 bits per heavy atom. The fourth-order valence-electron chi connectivity index (χ4n) is 2.96. The molecule has 1 aromatic carbocycles. The lowest BCUT2D eigenvalue weighted by molar-refractivity contribution is 0.0832. The van der Waals surface area contributed by atoms with Crippen molar-refractivity contribution in [3.8, 4) is 11.5 Å². The summed E-state index contributed by atoms with van der Waals surface area (Å²) in [6.07, 6.45) is 2.21. The Balaban J connectivity index is 1.59. The monoisotopic (exact) mass is 320 g/mol. The number of nitrogens with zero attached hydrogens (tertiary/aromatic N) is 1. The Kier molecular flexibility index (Phi) is 4.91. The normalized spacial score (nSPS) is 20.3. The van der Waals surface area contributed by atoms with Crippen molar-refractivity contribution in [2.75, 3.05) is 19.9 Å². The number of benzene rings is 1. The highest BCUT2D eigenvalue weighted by atomic mass is 16.7. The molecular weight excluding hydrogens is 296 g/mol. The molecule has 126 valence electrons. The summed E-state index contributed by atoms with van der Waals surface area (Å²) in [5.41, 5.74) is 1.02. The van der Waals surface area contributed by atoms with Gasteiger partial charge in [-0.25, -0.2) is 4.79 Å². The molecule has 0 saturated carbocycles. The molecule has 1 saturated heterocycles. The fraction of sp³-hybridized carbons (Fsp3) is 0.588. The summed E-state index contributed by atoms with van der Waals surface area (Å²) >= 11 is 0. The van der Waals surface area contributed by atoms with Crippen LogP contribution in [0.2, 0.25) is 0 Å². The van der Waals surface area contributed by atoms with Crippen LogP contribution in [0.25, 0.3) is 0 Å². The van der Waals surface area contributed by atoms with E-state index in [1.807, 2.05) is 32.0 Å². The number of ether oxygens (including phenoxy) is 3. The van der Waals surface area contributed by atoms with Crippen LogP contribution < -0.4 is 14.8 Å². The van der Waals surface area contributed by atoms with Gasteiger partial charge in [-0.2, -0.15) is 0 Å². The summed E-state index contributed by atoms with van der Waals surface area (Å²) in [7, 11) is 0. The van der Waals surface area contributed by atoms with Crippen LogP contribution in [-0.2, 0) is 11.3 Å². The Labute approximate surface area is 136 Å². The molecule has 0 radical (unpaired) electrons. The van der Waals surface area contributed by atoms with E-state index in [4.69, 9.17) is 14.2 Å². The first-order chi connectivity index (χ1) is 11.2. The highest BCUT2D eigenvalue weighted by Crippen LogP contribution is 2.32. The highest BCUT2D eigenvalue weighted by Gasteiger charge is 2.25. The van der Waals surface area contributed by atoms with Gasteiger partial charge in [0.25, 0.3) is 0 Å². The molecule has 6 heteroatoms. The predicted octanol–water partition coefficient (Wildman–Crippen LogP) is 2.51. The third kappa shape index (κ3) is 3.69. The van der Waals surface area contributed by atoms with E-state index in [1.54, 1.807) is 4.90 Å². The third-order valence-electron chi connectivity index (χ3n) is 4.35. The van der Waals surface area contributed by atoms with Gasteiger partial charge in [-0.3, -0.25) is 0 Å². The van der Waals surface area contributed by atoms with Gasteiger partial charge in [0.2, 0.25) is 6.79 Å². The molecule has 0 bridgehead atoms. The first-order valence-corrected chi connectivity index (χ1v) is 8.23. The Morgan fingerprint density at radius 1 is 1.39 bits per heavy atom. The number of carbonyl (C=O) groups excluding carboxylic acids is 1. The van der Waals surface area contributed by atoms with E-state index in [9.17, 15) is 4.79 Å².